The van der Waals surface area contributed by atoms with E-state index in [9.17, 15) is 9.59 Å². The molecule has 0 atom stereocenters. The fourth-order valence-corrected chi connectivity index (χ4v) is 7.26. The van der Waals surface area contributed by atoms with Gasteiger partial charge in [-0.3, -0.25) is 0 Å². The summed E-state index contributed by atoms with van der Waals surface area (Å²) in [5.41, 5.74) is 3.78. The number of methoxy groups -OCH3 is 4. The maximum Gasteiger partial charge on any atom is 0.419 e. The zero-order valence-electron chi connectivity index (χ0n) is 35.8. The van der Waals surface area contributed by atoms with E-state index in [2.05, 4.69) is 4.90 Å². The lowest BCUT2D eigenvalue weighted by molar-refractivity contribution is 0.0576. The van der Waals surface area contributed by atoms with Gasteiger partial charge in [0, 0.05) is 34.2 Å². The number of benzene rings is 5. The molecule has 7 rings (SSSR count). The van der Waals surface area contributed by atoms with Crippen molar-refractivity contribution >= 4 is 55.8 Å². The Labute approximate surface area is 359 Å². The highest BCUT2D eigenvalue weighted by Gasteiger charge is 2.20. The van der Waals surface area contributed by atoms with Crippen molar-refractivity contribution in [3.8, 4) is 34.5 Å². The van der Waals surface area contributed by atoms with Crippen LogP contribution in [0.2, 0.25) is 0 Å². The molecule has 0 saturated carbocycles. The Bertz CT molecular complexity index is 2370. The third kappa shape index (κ3) is 9.92. The van der Waals surface area contributed by atoms with Crippen LogP contribution in [-0.4, -0.2) is 122 Å². The molecule has 0 spiro atoms. The highest BCUT2D eigenvalue weighted by Crippen LogP contribution is 2.36. The van der Waals surface area contributed by atoms with Gasteiger partial charge < -0.3 is 52.3 Å². The Morgan fingerprint density at radius 2 is 0.774 bits per heavy atom. The van der Waals surface area contributed by atoms with E-state index in [1.54, 1.807) is 61.8 Å². The number of nitrogens with zero attached hydrogens (tertiary/aromatic N) is 3. The molecule has 0 aliphatic rings. The van der Waals surface area contributed by atoms with E-state index in [-0.39, 0.29) is 52.9 Å². The summed E-state index contributed by atoms with van der Waals surface area (Å²) in [7, 11) is 10.4. The van der Waals surface area contributed by atoms with E-state index >= 15 is 0 Å². The van der Waals surface area contributed by atoms with Crippen LogP contribution in [0.1, 0.15) is 5.56 Å². The lowest BCUT2D eigenvalue weighted by Gasteiger charge is -2.15. The van der Waals surface area contributed by atoms with E-state index in [4.69, 9.17) is 47.4 Å². The Balaban J connectivity index is 0.851. The highest BCUT2D eigenvalue weighted by molar-refractivity contribution is 6.14. The number of hydrogen-bond donors (Lipinski definition) is 0. The van der Waals surface area contributed by atoms with Crippen LogP contribution < -0.4 is 28.4 Å². The van der Waals surface area contributed by atoms with Crippen molar-refractivity contribution in [1.29, 1.82) is 0 Å². The van der Waals surface area contributed by atoms with Crippen molar-refractivity contribution in [3.63, 3.8) is 0 Å². The van der Waals surface area contributed by atoms with Crippen LogP contribution in [0.5, 0.6) is 34.5 Å². The van der Waals surface area contributed by atoms with E-state index in [0.29, 0.717) is 63.1 Å². The summed E-state index contributed by atoms with van der Waals surface area (Å²) >= 11 is 0. The molecule has 0 aliphatic heterocycles. The molecule has 15 heteroatoms. The first-order valence-electron chi connectivity index (χ1n) is 20.1. The van der Waals surface area contributed by atoms with Gasteiger partial charge in [-0.2, -0.15) is 0 Å². The lowest BCUT2D eigenvalue weighted by Crippen LogP contribution is -2.18. The lowest BCUT2D eigenvalue weighted by atomic mass is 10.1. The van der Waals surface area contributed by atoms with Gasteiger partial charge in [0.15, 0.2) is 0 Å². The van der Waals surface area contributed by atoms with Crippen molar-refractivity contribution < 1.29 is 57.0 Å². The second-order valence-corrected chi connectivity index (χ2v) is 14.4. The summed E-state index contributed by atoms with van der Waals surface area (Å²) in [6, 6.07) is 27.8. The molecule has 2 aromatic heterocycles. The molecule has 15 nitrogen and oxygen atoms in total. The van der Waals surface area contributed by atoms with Gasteiger partial charge in [0.2, 0.25) is 0 Å². The summed E-state index contributed by atoms with van der Waals surface area (Å²) in [5.74, 6) is 3.97. The summed E-state index contributed by atoms with van der Waals surface area (Å²) in [6.45, 7) is 2.26. The summed E-state index contributed by atoms with van der Waals surface area (Å²) in [6.07, 6.45) is -1.03. The largest absolute Gasteiger partial charge is 0.497 e. The molecular formula is C47H51N3O12. The summed E-state index contributed by atoms with van der Waals surface area (Å²) in [5, 5.41) is 3.38. The first-order valence-corrected chi connectivity index (χ1v) is 20.1. The third-order valence-corrected chi connectivity index (χ3v) is 10.1. The number of fused-ring (bicyclic) bond motifs is 6. The quantitative estimate of drug-likeness (QED) is 0.0683. The van der Waals surface area contributed by atoms with Crippen molar-refractivity contribution in [2.45, 2.75) is 6.54 Å². The second kappa shape index (κ2) is 20.3. The molecule has 0 bridgehead atoms. The molecule has 2 heterocycles. The van der Waals surface area contributed by atoms with Crippen molar-refractivity contribution in [1.82, 2.24) is 14.0 Å². The number of carbonyl (C=O) groups excluding carboxylic acids is 2. The fourth-order valence-electron chi connectivity index (χ4n) is 7.26. The SMILES string of the molecule is COc1ccc2c(c1)c1cc(OC)ccc1n2C(=O)OCCOCCOc1cc(CN(C)C)cc(OCCOCCOC(=O)n2c3ccc(OC)cc3c3cc(OC)ccc32)c1. The van der Waals surface area contributed by atoms with Crippen LogP contribution in [0, 0.1) is 0 Å². The first-order chi connectivity index (χ1) is 30.2. The van der Waals surface area contributed by atoms with Gasteiger partial charge in [0.05, 0.1) is 76.9 Å². The van der Waals surface area contributed by atoms with Gasteiger partial charge >= 0.3 is 12.2 Å². The van der Waals surface area contributed by atoms with Crippen molar-refractivity contribution in [3.05, 3.63) is 96.6 Å². The highest BCUT2D eigenvalue weighted by atomic mass is 16.6. The smallest absolute Gasteiger partial charge is 0.419 e. The third-order valence-electron chi connectivity index (χ3n) is 10.1. The maximum absolute atomic E-state index is 13.3. The monoisotopic (exact) mass is 849 g/mol. The van der Waals surface area contributed by atoms with Crippen LogP contribution in [0.3, 0.4) is 0 Å². The topological polar surface area (TPSA) is 140 Å². The minimum absolute atomic E-state index is 0.0562. The Kier molecular flexibility index (Phi) is 14.2. The number of aromatic nitrogens is 2. The zero-order valence-corrected chi connectivity index (χ0v) is 35.8. The van der Waals surface area contributed by atoms with Crippen LogP contribution >= 0.6 is 0 Å². The summed E-state index contributed by atoms with van der Waals surface area (Å²) < 4.78 is 59.5. The van der Waals surface area contributed by atoms with Gasteiger partial charge in [0.25, 0.3) is 0 Å². The average molecular weight is 850 g/mol. The molecule has 5 aromatic carbocycles. The second-order valence-electron chi connectivity index (χ2n) is 14.4. The summed E-state index contributed by atoms with van der Waals surface area (Å²) in [4.78, 5) is 28.7. The minimum Gasteiger partial charge on any atom is -0.497 e. The number of rotatable bonds is 20. The fraction of sp³-hybridized carbons (Fsp3) is 0.319. The van der Waals surface area contributed by atoms with E-state index < -0.39 is 12.2 Å². The van der Waals surface area contributed by atoms with Crippen LogP contribution in [0.4, 0.5) is 9.59 Å². The van der Waals surface area contributed by atoms with Gasteiger partial charge in [-0.1, -0.05) is 0 Å². The Morgan fingerprint density at radius 3 is 1.10 bits per heavy atom. The standard InChI is InChI=1S/C47H51N3O12/c1-48(2)30-31-23-36(59-19-15-57-17-21-61-46(51)49-42-11-7-32(53-3)26-38(42)39-27-33(54-4)8-12-43(39)49)25-37(24-31)60-20-16-58-18-22-62-47(52)50-44-13-9-34(55-5)28-40(44)41-29-35(56-6)10-14-45(41)50/h7-14,23-29H,15-22,30H2,1-6H3. The van der Waals surface area contributed by atoms with Gasteiger partial charge in [-0.05, 0) is 105 Å². The molecule has 0 aliphatic carbocycles. The molecule has 0 unspecified atom stereocenters. The molecule has 7 aromatic rings. The predicted octanol–water partition coefficient (Wildman–Crippen LogP) is 8.16. The van der Waals surface area contributed by atoms with E-state index in [1.807, 2.05) is 80.8 Å². The van der Waals surface area contributed by atoms with Crippen molar-refractivity contribution in [2.75, 3.05) is 95.4 Å². The molecule has 0 N–H and O–H groups in total. The average Bonchev–Trinajstić information content (AvgIpc) is 3.79. The van der Waals surface area contributed by atoms with Crippen molar-refractivity contribution in [2.24, 2.45) is 0 Å². The normalized spacial score (nSPS) is 11.4. The maximum atomic E-state index is 13.3. The predicted molar refractivity (Wildman–Crippen MR) is 235 cm³/mol. The molecule has 0 amide bonds. The Morgan fingerprint density at radius 1 is 0.435 bits per heavy atom. The number of carbonyl (C=O) groups is 2. The first kappa shape index (κ1) is 43.4. The van der Waals surface area contributed by atoms with Crippen LogP contribution in [0.15, 0.2) is 91.0 Å². The van der Waals surface area contributed by atoms with Crippen LogP contribution in [-0.2, 0) is 25.5 Å². The molecule has 0 fully saturated rings. The number of hydrogen-bond acceptors (Lipinski definition) is 13. The van der Waals surface area contributed by atoms with Gasteiger partial charge in [0.1, 0.15) is 60.9 Å². The Hall–Kier alpha value is -6.68. The molecule has 326 valence electrons. The van der Waals surface area contributed by atoms with Crippen LogP contribution in [0.25, 0.3) is 43.6 Å². The van der Waals surface area contributed by atoms with E-state index in [0.717, 1.165) is 27.1 Å². The molecular weight excluding hydrogens is 799 g/mol. The number of ether oxygens (including phenoxy) is 10. The van der Waals surface area contributed by atoms with E-state index in [1.165, 1.54) is 0 Å². The zero-order chi connectivity index (χ0) is 43.6. The van der Waals surface area contributed by atoms with Gasteiger partial charge in [-0.25, -0.2) is 18.7 Å². The molecule has 0 radical (unpaired) electrons. The minimum atomic E-state index is -0.515. The molecule has 0 saturated heterocycles. The van der Waals surface area contributed by atoms with Gasteiger partial charge in [-0.15, -0.1) is 0 Å². The molecule has 62 heavy (non-hydrogen) atoms.